The Morgan fingerprint density at radius 3 is 2.53 bits per heavy atom. The standard InChI is InChI=1S/C11H19ClN4O2S/c1-2-14-9-11(13-10-14)19(17,18)16-7-5-15(4-3-12)6-8-16/h9-10H,2-8H2,1H3. The minimum absolute atomic E-state index is 0.139. The average Bonchev–Trinajstić information content (AvgIpc) is 2.89. The van der Waals surface area contributed by atoms with Crippen molar-refractivity contribution in [2.24, 2.45) is 0 Å². The lowest BCUT2D eigenvalue weighted by Crippen LogP contribution is -2.49. The molecule has 1 aromatic heterocycles. The summed E-state index contributed by atoms with van der Waals surface area (Å²) < 4.78 is 28.0. The highest BCUT2D eigenvalue weighted by Crippen LogP contribution is 2.15. The van der Waals surface area contributed by atoms with Gasteiger partial charge in [-0.15, -0.1) is 11.6 Å². The minimum Gasteiger partial charge on any atom is -0.336 e. The fourth-order valence-corrected chi connectivity index (χ4v) is 3.69. The second-order valence-electron chi connectivity index (χ2n) is 4.48. The molecule has 1 saturated heterocycles. The number of halogens is 1. The highest BCUT2D eigenvalue weighted by molar-refractivity contribution is 7.89. The minimum atomic E-state index is -3.45. The number of nitrogens with zero attached hydrogens (tertiary/aromatic N) is 4. The maximum absolute atomic E-state index is 12.4. The maximum Gasteiger partial charge on any atom is 0.262 e. The molecule has 8 heteroatoms. The largest absolute Gasteiger partial charge is 0.336 e. The molecule has 0 bridgehead atoms. The van der Waals surface area contributed by atoms with Gasteiger partial charge in [0.05, 0.1) is 6.33 Å². The van der Waals surface area contributed by atoms with Crippen molar-refractivity contribution < 1.29 is 8.42 Å². The van der Waals surface area contributed by atoms with Crippen molar-refractivity contribution in [2.75, 3.05) is 38.6 Å². The van der Waals surface area contributed by atoms with Gasteiger partial charge in [-0.2, -0.15) is 4.31 Å². The summed E-state index contributed by atoms with van der Waals surface area (Å²) in [4.78, 5) is 6.16. The second-order valence-corrected chi connectivity index (χ2v) is 6.74. The Hall–Kier alpha value is -0.630. The molecule has 1 aliphatic heterocycles. The van der Waals surface area contributed by atoms with Gasteiger partial charge in [0.2, 0.25) is 0 Å². The Labute approximate surface area is 119 Å². The first-order chi connectivity index (χ1) is 9.07. The first-order valence-electron chi connectivity index (χ1n) is 6.38. The van der Waals surface area contributed by atoms with Gasteiger partial charge in [-0.3, -0.25) is 4.90 Å². The number of hydrogen-bond acceptors (Lipinski definition) is 4. The Balaban J connectivity index is 2.05. The van der Waals surface area contributed by atoms with Gasteiger partial charge >= 0.3 is 0 Å². The number of piperazine rings is 1. The van der Waals surface area contributed by atoms with Crippen LogP contribution in [0.2, 0.25) is 0 Å². The molecule has 0 N–H and O–H groups in total. The van der Waals surface area contributed by atoms with Gasteiger partial charge in [0.1, 0.15) is 0 Å². The van der Waals surface area contributed by atoms with Crippen LogP contribution in [0.4, 0.5) is 0 Å². The molecule has 0 atom stereocenters. The Bertz CT molecular complexity index is 509. The maximum atomic E-state index is 12.4. The van der Waals surface area contributed by atoms with Crippen molar-refractivity contribution >= 4 is 21.6 Å². The molecule has 6 nitrogen and oxygen atoms in total. The normalized spacial score (nSPS) is 18.8. The lowest BCUT2D eigenvalue weighted by atomic mass is 10.4. The topological polar surface area (TPSA) is 58.4 Å². The van der Waals surface area contributed by atoms with Crippen LogP contribution < -0.4 is 0 Å². The van der Waals surface area contributed by atoms with Crippen molar-refractivity contribution in [3.05, 3.63) is 12.5 Å². The van der Waals surface area contributed by atoms with E-state index in [9.17, 15) is 8.42 Å². The molecule has 1 aromatic rings. The Kier molecular flexibility index (Phi) is 4.83. The molecule has 0 spiro atoms. The average molecular weight is 307 g/mol. The van der Waals surface area contributed by atoms with Crippen LogP contribution in [0.25, 0.3) is 0 Å². The van der Waals surface area contributed by atoms with Gasteiger partial charge in [0.25, 0.3) is 10.0 Å². The van der Waals surface area contributed by atoms with E-state index in [1.54, 1.807) is 17.1 Å². The molecule has 19 heavy (non-hydrogen) atoms. The molecule has 2 rings (SSSR count). The van der Waals surface area contributed by atoms with Crippen LogP contribution in [0, 0.1) is 0 Å². The highest BCUT2D eigenvalue weighted by Gasteiger charge is 2.29. The zero-order chi connectivity index (χ0) is 13.9. The Morgan fingerprint density at radius 1 is 1.32 bits per heavy atom. The molecule has 0 aromatic carbocycles. The summed E-state index contributed by atoms with van der Waals surface area (Å²) in [5.74, 6) is 0.577. The second kappa shape index (κ2) is 6.21. The van der Waals surface area contributed by atoms with Crippen LogP contribution in [0.3, 0.4) is 0 Å². The van der Waals surface area contributed by atoms with Crippen LogP contribution in [0.15, 0.2) is 17.6 Å². The monoisotopic (exact) mass is 306 g/mol. The zero-order valence-corrected chi connectivity index (χ0v) is 12.6. The van der Waals surface area contributed by atoms with Gasteiger partial charge in [-0.05, 0) is 6.92 Å². The fraction of sp³-hybridized carbons (Fsp3) is 0.727. The molecule has 0 radical (unpaired) electrons. The van der Waals surface area contributed by atoms with Gasteiger partial charge in [0.15, 0.2) is 5.03 Å². The van der Waals surface area contributed by atoms with E-state index in [1.807, 2.05) is 6.92 Å². The smallest absolute Gasteiger partial charge is 0.262 e. The van der Waals surface area contributed by atoms with Crippen molar-refractivity contribution in [2.45, 2.75) is 18.5 Å². The molecule has 0 aliphatic carbocycles. The van der Waals surface area contributed by atoms with Gasteiger partial charge in [0, 0.05) is 51.3 Å². The van der Waals surface area contributed by atoms with Gasteiger partial charge < -0.3 is 4.57 Å². The predicted octanol–water partition coefficient (Wildman–Crippen LogP) is 0.448. The van der Waals surface area contributed by atoms with Crippen LogP contribution in [-0.4, -0.2) is 65.8 Å². The molecule has 0 amide bonds. The van der Waals surface area contributed by atoms with Gasteiger partial charge in [-0.1, -0.05) is 0 Å². The quantitative estimate of drug-likeness (QED) is 0.741. The first-order valence-corrected chi connectivity index (χ1v) is 8.35. The molecule has 1 fully saturated rings. The van der Waals surface area contributed by atoms with Crippen LogP contribution in [0.1, 0.15) is 6.92 Å². The molecule has 0 unspecified atom stereocenters. The molecule has 1 aliphatic rings. The van der Waals surface area contributed by atoms with E-state index in [1.165, 1.54) is 4.31 Å². The van der Waals surface area contributed by atoms with Crippen molar-refractivity contribution in [3.8, 4) is 0 Å². The highest BCUT2D eigenvalue weighted by atomic mass is 35.5. The lowest BCUT2D eigenvalue weighted by molar-refractivity contribution is 0.197. The van der Waals surface area contributed by atoms with Gasteiger partial charge in [-0.25, -0.2) is 13.4 Å². The number of aromatic nitrogens is 2. The van der Waals surface area contributed by atoms with E-state index in [4.69, 9.17) is 11.6 Å². The summed E-state index contributed by atoms with van der Waals surface area (Å²) in [6.07, 6.45) is 3.14. The summed E-state index contributed by atoms with van der Waals surface area (Å²) in [5, 5.41) is 0.139. The third kappa shape index (κ3) is 3.28. The number of imidazole rings is 1. The summed E-state index contributed by atoms with van der Waals surface area (Å²) in [7, 11) is -3.45. The summed E-state index contributed by atoms with van der Waals surface area (Å²) in [6, 6.07) is 0. The molecular weight excluding hydrogens is 288 g/mol. The fourth-order valence-electron chi connectivity index (χ4n) is 2.09. The molecule has 0 saturated carbocycles. The van der Waals surface area contributed by atoms with Crippen LogP contribution in [-0.2, 0) is 16.6 Å². The van der Waals surface area contributed by atoms with Crippen molar-refractivity contribution in [1.29, 1.82) is 0 Å². The van der Waals surface area contributed by atoms with Crippen molar-refractivity contribution in [1.82, 2.24) is 18.8 Å². The number of hydrogen-bond donors (Lipinski definition) is 0. The number of rotatable bonds is 5. The van der Waals surface area contributed by atoms with E-state index < -0.39 is 10.0 Å². The van der Waals surface area contributed by atoms with Crippen LogP contribution >= 0.6 is 11.6 Å². The van der Waals surface area contributed by atoms with E-state index in [-0.39, 0.29) is 5.03 Å². The van der Waals surface area contributed by atoms with E-state index >= 15 is 0 Å². The summed E-state index contributed by atoms with van der Waals surface area (Å²) in [5.41, 5.74) is 0. The van der Waals surface area contributed by atoms with E-state index in [0.29, 0.717) is 25.5 Å². The molecular formula is C11H19ClN4O2S. The SMILES string of the molecule is CCn1cnc(S(=O)(=O)N2CCN(CCCl)CC2)c1. The summed E-state index contributed by atoms with van der Waals surface area (Å²) >= 11 is 5.69. The third-order valence-corrected chi connectivity index (χ3v) is 5.26. The van der Waals surface area contributed by atoms with E-state index in [2.05, 4.69) is 9.88 Å². The Morgan fingerprint density at radius 2 is 2.00 bits per heavy atom. The lowest BCUT2D eigenvalue weighted by Gasteiger charge is -2.33. The molecule has 2 heterocycles. The summed E-state index contributed by atoms with van der Waals surface area (Å²) in [6.45, 7) is 5.91. The number of aryl methyl sites for hydroxylation is 1. The third-order valence-electron chi connectivity index (χ3n) is 3.31. The zero-order valence-electron chi connectivity index (χ0n) is 11.0. The number of alkyl halides is 1. The van der Waals surface area contributed by atoms with Crippen LogP contribution in [0.5, 0.6) is 0 Å². The molecule has 108 valence electrons. The number of sulfonamides is 1. The van der Waals surface area contributed by atoms with Crippen molar-refractivity contribution in [3.63, 3.8) is 0 Å². The first kappa shape index (κ1) is 14.8. The van der Waals surface area contributed by atoms with E-state index in [0.717, 1.165) is 19.6 Å². The predicted molar refractivity (Wildman–Crippen MR) is 73.8 cm³/mol.